The minimum absolute atomic E-state index is 0.734. The summed E-state index contributed by atoms with van der Waals surface area (Å²) >= 11 is 0. The van der Waals surface area contributed by atoms with E-state index in [1.807, 2.05) is 0 Å². The molecule has 0 saturated carbocycles. The summed E-state index contributed by atoms with van der Waals surface area (Å²) in [5.41, 5.74) is 0. The Morgan fingerprint density at radius 3 is 2.12 bits per heavy atom. The van der Waals surface area contributed by atoms with Gasteiger partial charge in [0.1, 0.15) is 0 Å². The van der Waals surface area contributed by atoms with E-state index in [9.17, 15) is 0 Å². The molecule has 0 fully saturated rings. The molecule has 1 heteroatoms. The minimum atomic E-state index is 0.734. The van der Waals surface area contributed by atoms with E-state index in [1.54, 1.807) is 0 Å². The highest BCUT2D eigenvalue weighted by molar-refractivity contribution is 4.76. The van der Waals surface area contributed by atoms with E-state index in [2.05, 4.69) is 40.1 Å². The summed E-state index contributed by atoms with van der Waals surface area (Å²) in [6.45, 7) is 9.33. The zero-order chi connectivity index (χ0) is 12.4. The average molecular weight is 227 g/mol. The molecule has 3 atom stereocenters. The normalized spacial score (nSPS) is 17.1. The monoisotopic (exact) mass is 227 g/mol. The van der Waals surface area contributed by atoms with Gasteiger partial charge in [0.15, 0.2) is 0 Å². The Kier molecular flexibility index (Phi) is 10.1. The summed E-state index contributed by atoms with van der Waals surface area (Å²) in [6, 6.07) is 0.734. The fraction of sp³-hybridized carbons (Fsp3) is 1.00. The van der Waals surface area contributed by atoms with Crippen LogP contribution in [0.15, 0.2) is 0 Å². The first-order valence-electron chi connectivity index (χ1n) is 7.36. The summed E-state index contributed by atoms with van der Waals surface area (Å²) in [4.78, 5) is 0. The maximum Gasteiger partial charge on any atom is 0.00947 e. The van der Waals surface area contributed by atoms with Gasteiger partial charge < -0.3 is 5.32 Å². The summed E-state index contributed by atoms with van der Waals surface area (Å²) in [5.74, 6) is 1.75. The standard InChI is InChI=1S/C15H33N/c1-6-9-11-14(8-3)15(16-5)12-13(4)10-7-2/h13-16H,6-12H2,1-5H3. The Morgan fingerprint density at radius 1 is 1.00 bits per heavy atom. The topological polar surface area (TPSA) is 12.0 Å². The highest BCUT2D eigenvalue weighted by Gasteiger charge is 2.19. The van der Waals surface area contributed by atoms with Crippen LogP contribution in [0.5, 0.6) is 0 Å². The predicted octanol–water partition coefficient (Wildman–Crippen LogP) is 4.62. The zero-order valence-electron chi connectivity index (χ0n) is 12.2. The lowest BCUT2D eigenvalue weighted by Gasteiger charge is -2.28. The van der Waals surface area contributed by atoms with Crippen molar-refractivity contribution in [2.24, 2.45) is 11.8 Å². The van der Waals surface area contributed by atoms with Crippen LogP contribution in [0.25, 0.3) is 0 Å². The molecule has 0 radical (unpaired) electrons. The van der Waals surface area contributed by atoms with Crippen molar-refractivity contribution in [1.29, 1.82) is 0 Å². The molecule has 3 unspecified atom stereocenters. The fourth-order valence-electron chi connectivity index (χ4n) is 2.75. The van der Waals surface area contributed by atoms with Gasteiger partial charge in [-0.1, -0.05) is 59.8 Å². The van der Waals surface area contributed by atoms with E-state index < -0.39 is 0 Å². The van der Waals surface area contributed by atoms with Gasteiger partial charge in [0.05, 0.1) is 0 Å². The first-order chi connectivity index (χ1) is 7.69. The van der Waals surface area contributed by atoms with Gasteiger partial charge in [-0.3, -0.25) is 0 Å². The van der Waals surface area contributed by atoms with Gasteiger partial charge >= 0.3 is 0 Å². The summed E-state index contributed by atoms with van der Waals surface area (Å²) in [6.07, 6.45) is 9.50. The van der Waals surface area contributed by atoms with Crippen LogP contribution in [0.1, 0.15) is 72.6 Å². The van der Waals surface area contributed by atoms with Gasteiger partial charge in [-0.15, -0.1) is 0 Å². The molecule has 98 valence electrons. The molecule has 0 heterocycles. The number of unbranched alkanes of at least 4 members (excludes halogenated alkanes) is 1. The zero-order valence-corrected chi connectivity index (χ0v) is 12.2. The van der Waals surface area contributed by atoms with E-state index in [0.29, 0.717) is 0 Å². The van der Waals surface area contributed by atoms with Crippen molar-refractivity contribution in [3.05, 3.63) is 0 Å². The molecular weight excluding hydrogens is 194 g/mol. The molecule has 0 aliphatic rings. The Bertz CT molecular complexity index is 144. The maximum atomic E-state index is 3.55. The van der Waals surface area contributed by atoms with Crippen molar-refractivity contribution in [2.75, 3.05) is 7.05 Å². The van der Waals surface area contributed by atoms with Gasteiger partial charge in [0.2, 0.25) is 0 Å². The van der Waals surface area contributed by atoms with E-state index in [1.165, 1.54) is 44.9 Å². The first kappa shape index (κ1) is 16.0. The molecule has 0 aromatic carbocycles. The second-order valence-electron chi connectivity index (χ2n) is 5.34. The van der Waals surface area contributed by atoms with Crippen LogP contribution in [-0.4, -0.2) is 13.1 Å². The molecular formula is C15H33N. The van der Waals surface area contributed by atoms with Gasteiger partial charge in [-0.25, -0.2) is 0 Å². The lowest BCUT2D eigenvalue weighted by Crippen LogP contribution is -2.35. The molecule has 0 aromatic rings. The largest absolute Gasteiger partial charge is 0.317 e. The Morgan fingerprint density at radius 2 is 1.69 bits per heavy atom. The van der Waals surface area contributed by atoms with Crippen molar-refractivity contribution in [1.82, 2.24) is 5.32 Å². The Hall–Kier alpha value is -0.0400. The average Bonchev–Trinajstić information content (AvgIpc) is 2.28. The van der Waals surface area contributed by atoms with Gasteiger partial charge in [0.25, 0.3) is 0 Å². The second kappa shape index (κ2) is 10.1. The van der Waals surface area contributed by atoms with Crippen LogP contribution in [0.3, 0.4) is 0 Å². The van der Waals surface area contributed by atoms with Crippen molar-refractivity contribution in [3.63, 3.8) is 0 Å². The van der Waals surface area contributed by atoms with E-state index >= 15 is 0 Å². The molecule has 0 aliphatic carbocycles. The molecule has 1 N–H and O–H groups in total. The lowest BCUT2D eigenvalue weighted by atomic mass is 9.85. The molecule has 16 heavy (non-hydrogen) atoms. The summed E-state index contributed by atoms with van der Waals surface area (Å²) < 4.78 is 0. The van der Waals surface area contributed by atoms with E-state index in [0.717, 1.165) is 17.9 Å². The number of rotatable bonds is 10. The third-order valence-electron chi connectivity index (χ3n) is 3.83. The van der Waals surface area contributed by atoms with Crippen LogP contribution >= 0.6 is 0 Å². The third-order valence-corrected chi connectivity index (χ3v) is 3.83. The van der Waals surface area contributed by atoms with Crippen LogP contribution in [0.2, 0.25) is 0 Å². The SMILES string of the molecule is CCCCC(CC)C(CC(C)CCC)NC. The Balaban J connectivity index is 4.09. The van der Waals surface area contributed by atoms with Gasteiger partial charge in [-0.2, -0.15) is 0 Å². The smallest absolute Gasteiger partial charge is 0.00947 e. The van der Waals surface area contributed by atoms with Crippen molar-refractivity contribution in [2.45, 2.75) is 78.7 Å². The van der Waals surface area contributed by atoms with Crippen molar-refractivity contribution < 1.29 is 0 Å². The molecule has 1 nitrogen and oxygen atoms in total. The molecule has 0 amide bonds. The van der Waals surface area contributed by atoms with Crippen LogP contribution in [-0.2, 0) is 0 Å². The van der Waals surface area contributed by atoms with Crippen molar-refractivity contribution >= 4 is 0 Å². The number of hydrogen-bond donors (Lipinski definition) is 1. The molecule has 0 spiro atoms. The number of hydrogen-bond acceptors (Lipinski definition) is 1. The Labute approximate surface area is 103 Å². The van der Waals surface area contributed by atoms with Crippen LogP contribution in [0.4, 0.5) is 0 Å². The fourth-order valence-corrected chi connectivity index (χ4v) is 2.75. The predicted molar refractivity (Wildman–Crippen MR) is 74.8 cm³/mol. The molecule has 0 saturated heterocycles. The quantitative estimate of drug-likeness (QED) is 0.574. The first-order valence-corrected chi connectivity index (χ1v) is 7.36. The molecule has 0 bridgehead atoms. The highest BCUT2D eigenvalue weighted by Crippen LogP contribution is 2.23. The summed E-state index contributed by atoms with van der Waals surface area (Å²) in [5, 5.41) is 3.55. The van der Waals surface area contributed by atoms with Crippen LogP contribution in [0, 0.1) is 11.8 Å². The summed E-state index contributed by atoms with van der Waals surface area (Å²) in [7, 11) is 2.14. The third kappa shape index (κ3) is 6.52. The highest BCUT2D eigenvalue weighted by atomic mass is 14.9. The minimum Gasteiger partial charge on any atom is -0.317 e. The van der Waals surface area contributed by atoms with E-state index in [4.69, 9.17) is 0 Å². The molecule has 0 aromatic heterocycles. The maximum absolute atomic E-state index is 3.55. The van der Waals surface area contributed by atoms with Gasteiger partial charge in [-0.05, 0) is 31.7 Å². The second-order valence-corrected chi connectivity index (χ2v) is 5.34. The van der Waals surface area contributed by atoms with Crippen molar-refractivity contribution in [3.8, 4) is 0 Å². The van der Waals surface area contributed by atoms with Crippen LogP contribution < -0.4 is 5.32 Å². The number of nitrogens with one attached hydrogen (secondary N) is 1. The van der Waals surface area contributed by atoms with Gasteiger partial charge in [0, 0.05) is 6.04 Å². The molecule has 0 rings (SSSR count). The molecule has 0 aliphatic heterocycles. The van der Waals surface area contributed by atoms with E-state index in [-0.39, 0.29) is 0 Å². The lowest BCUT2D eigenvalue weighted by molar-refractivity contribution is 0.279.